The van der Waals surface area contributed by atoms with Crippen LogP contribution in [0.4, 0.5) is 5.69 Å². The molecule has 2 aromatic carbocycles. The first kappa shape index (κ1) is 25.8. The molecule has 3 rings (SSSR count). The fourth-order valence-corrected chi connectivity index (χ4v) is 3.76. The van der Waals surface area contributed by atoms with E-state index < -0.39 is 0 Å². The molecule has 1 aromatic heterocycles. The van der Waals surface area contributed by atoms with Crippen molar-refractivity contribution in [3.8, 4) is 11.5 Å². The van der Waals surface area contributed by atoms with Crippen LogP contribution in [0.3, 0.4) is 0 Å². The van der Waals surface area contributed by atoms with Gasteiger partial charge in [-0.25, -0.2) is 4.99 Å². The standard InChI is InChI=1S/C27H35N5O3/c1-7-20-12-10-11-13-23(20)29-27(28-17-22-18(4)31-32(6)19(22)5)30-26(33)21-14-15-24(34-8-2)25(16-21)35-9-3/h10-16H,7-9,17H2,1-6H3,(H2,28,29,30,33). The first-order valence-electron chi connectivity index (χ1n) is 12.0. The molecule has 8 heteroatoms. The summed E-state index contributed by atoms with van der Waals surface area (Å²) < 4.78 is 13.1. The van der Waals surface area contributed by atoms with E-state index in [1.807, 2.05) is 57.6 Å². The van der Waals surface area contributed by atoms with Crippen molar-refractivity contribution in [1.29, 1.82) is 0 Å². The fourth-order valence-electron chi connectivity index (χ4n) is 3.76. The second kappa shape index (κ2) is 12.1. The van der Waals surface area contributed by atoms with Crippen molar-refractivity contribution >= 4 is 17.6 Å². The van der Waals surface area contributed by atoms with Gasteiger partial charge in [0.05, 0.1) is 25.5 Å². The van der Waals surface area contributed by atoms with Crippen molar-refractivity contribution in [2.24, 2.45) is 12.0 Å². The van der Waals surface area contributed by atoms with Gasteiger partial charge >= 0.3 is 0 Å². The van der Waals surface area contributed by atoms with E-state index in [9.17, 15) is 4.79 Å². The topological polar surface area (TPSA) is 89.8 Å². The average molecular weight is 478 g/mol. The quantitative estimate of drug-likeness (QED) is 0.341. The molecule has 0 saturated heterocycles. The number of guanidine groups is 1. The van der Waals surface area contributed by atoms with E-state index in [4.69, 9.17) is 14.5 Å². The largest absolute Gasteiger partial charge is 0.490 e. The minimum absolute atomic E-state index is 0.297. The number of nitrogens with one attached hydrogen (secondary N) is 2. The maximum absolute atomic E-state index is 13.2. The molecule has 0 spiro atoms. The third-order valence-corrected chi connectivity index (χ3v) is 5.74. The third-order valence-electron chi connectivity index (χ3n) is 5.74. The first-order chi connectivity index (χ1) is 16.9. The van der Waals surface area contributed by atoms with Crippen molar-refractivity contribution in [1.82, 2.24) is 15.1 Å². The number of nitrogens with zero attached hydrogens (tertiary/aromatic N) is 3. The zero-order valence-electron chi connectivity index (χ0n) is 21.4. The number of aryl methyl sites for hydroxylation is 3. The van der Waals surface area contributed by atoms with Crippen molar-refractivity contribution in [2.75, 3.05) is 18.5 Å². The number of para-hydroxylation sites is 1. The number of benzene rings is 2. The predicted molar refractivity (Wildman–Crippen MR) is 140 cm³/mol. The zero-order chi connectivity index (χ0) is 25.4. The van der Waals surface area contributed by atoms with Crippen LogP contribution in [0.5, 0.6) is 11.5 Å². The van der Waals surface area contributed by atoms with Gasteiger partial charge in [-0.1, -0.05) is 25.1 Å². The van der Waals surface area contributed by atoms with Crippen LogP contribution in [0, 0.1) is 13.8 Å². The Morgan fingerprint density at radius 3 is 2.40 bits per heavy atom. The van der Waals surface area contributed by atoms with E-state index in [0.29, 0.717) is 42.8 Å². The molecule has 0 bridgehead atoms. The summed E-state index contributed by atoms with van der Waals surface area (Å²) in [6.45, 7) is 11.2. The van der Waals surface area contributed by atoms with Crippen LogP contribution >= 0.6 is 0 Å². The highest BCUT2D eigenvalue weighted by molar-refractivity contribution is 6.10. The lowest BCUT2D eigenvalue weighted by Gasteiger charge is -2.16. The minimum atomic E-state index is -0.297. The summed E-state index contributed by atoms with van der Waals surface area (Å²) >= 11 is 0. The molecule has 3 aromatic rings. The van der Waals surface area contributed by atoms with Gasteiger partial charge in [0.25, 0.3) is 5.91 Å². The second-order valence-corrected chi connectivity index (χ2v) is 8.06. The van der Waals surface area contributed by atoms with Crippen LogP contribution in [-0.2, 0) is 20.0 Å². The van der Waals surface area contributed by atoms with Crippen LogP contribution in [0.2, 0.25) is 0 Å². The highest BCUT2D eigenvalue weighted by Gasteiger charge is 2.15. The highest BCUT2D eigenvalue weighted by atomic mass is 16.5. The van der Waals surface area contributed by atoms with Crippen molar-refractivity contribution in [2.45, 2.75) is 47.6 Å². The molecule has 2 N–H and O–H groups in total. The lowest BCUT2D eigenvalue weighted by atomic mass is 10.1. The van der Waals surface area contributed by atoms with Gasteiger partial charge in [-0.3, -0.25) is 14.8 Å². The number of rotatable bonds is 9. The van der Waals surface area contributed by atoms with Gasteiger partial charge in [0.15, 0.2) is 11.5 Å². The number of anilines is 1. The summed E-state index contributed by atoms with van der Waals surface area (Å²) in [6.07, 6.45) is 0.849. The maximum Gasteiger partial charge on any atom is 0.258 e. The summed E-state index contributed by atoms with van der Waals surface area (Å²) in [5, 5.41) is 10.7. The molecule has 35 heavy (non-hydrogen) atoms. The molecule has 8 nitrogen and oxygen atoms in total. The van der Waals surface area contributed by atoms with E-state index in [0.717, 1.165) is 34.6 Å². The monoisotopic (exact) mass is 477 g/mol. The second-order valence-electron chi connectivity index (χ2n) is 8.06. The van der Waals surface area contributed by atoms with E-state index >= 15 is 0 Å². The van der Waals surface area contributed by atoms with Gasteiger partial charge in [0, 0.05) is 29.6 Å². The van der Waals surface area contributed by atoms with Crippen LogP contribution in [0.1, 0.15) is 53.6 Å². The molecule has 0 aliphatic heterocycles. The summed E-state index contributed by atoms with van der Waals surface area (Å²) in [5.74, 6) is 1.21. The number of carbonyl (C=O) groups excluding carboxylic acids is 1. The van der Waals surface area contributed by atoms with Gasteiger partial charge in [-0.2, -0.15) is 5.10 Å². The van der Waals surface area contributed by atoms with E-state index in [-0.39, 0.29) is 5.91 Å². The van der Waals surface area contributed by atoms with Crippen molar-refractivity contribution in [3.05, 3.63) is 70.5 Å². The number of amides is 1. The third kappa shape index (κ3) is 6.41. The Hall–Kier alpha value is -3.81. The Morgan fingerprint density at radius 2 is 1.74 bits per heavy atom. The molecule has 0 unspecified atom stereocenters. The normalized spacial score (nSPS) is 11.3. The van der Waals surface area contributed by atoms with Gasteiger partial charge in [0.1, 0.15) is 0 Å². The molecule has 0 radical (unpaired) electrons. The molecule has 0 saturated carbocycles. The van der Waals surface area contributed by atoms with E-state index in [1.165, 1.54) is 0 Å². The van der Waals surface area contributed by atoms with Crippen LogP contribution in [0.15, 0.2) is 47.5 Å². The molecular formula is C27H35N5O3. The molecule has 0 fully saturated rings. The lowest BCUT2D eigenvalue weighted by molar-refractivity contribution is 0.0976. The van der Waals surface area contributed by atoms with Crippen LogP contribution < -0.4 is 20.1 Å². The Kier molecular flexibility index (Phi) is 8.89. The summed E-state index contributed by atoms with van der Waals surface area (Å²) in [4.78, 5) is 18.0. The maximum atomic E-state index is 13.2. The van der Waals surface area contributed by atoms with Gasteiger partial charge in [-0.15, -0.1) is 0 Å². The summed E-state index contributed by atoms with van der Waals surface area (Å²) in [5.41, 5.74) is 5.46. The van der Waals surface area contributed by atoms with Gasteiger partial charge in [0.2, 0.25) is 5.96 Å². The Balaban J connectivity index is 1.91. The SMILES string of the molecule is CCOc1ccc(C(=O)NC(=NCc2c(C)nn(C)c2C)Nc2ccccc2CC)cc1OCC. The Bertz CT molecular complexity index is 1200. The van der Waals surface area contributed by atoms with Gasteiger partial charge < -0.3 is 14.8 Å². The fraction of sp³-hybridized carbons (Fsp3) is 0.370. The molecule has 186 valence electrons. The van der Waals surface area contributed by atoms with Crippen LogP contribution in [-0.4, -0.2) is 34.9 Å². The minimum Gasteiger partial charge on any atom is -0.490 e. The lowest BCUT2D eigenvalue weighted by Crippen LogP contribution is -2.36. The smallest absolute Gasteiger partial charge is 0.258 e. The van der Waals surface area contributed by atoms with E-state index in [2.05, 4.69) is 28.7 Å². The number of carbonyl (C=O) groups is 1. The predicted octanol–water partition coefficient (Wildman–Crippen LogP) is 4.79. The molecule has 0 aliphatic carbocycles. The summed E-state index contributed by atoms with van der Waals surface area (Å²) in [6, 6.07) is 13.1. The van der Waals surface area contributed by atoms with E-state index in [1.54, 1.807) is 18.2 Å². The highest BCUT2D eigenvalue weighted by Crippen LogP contribution is 2.28. The van der Waals surface area contributed by atoms with Crippen molar-refractivity contribution < 1.29 is 14.3 Å². The number of hydrogen-bond donors (Lipinski definition) is 2. The summed E-state index contributed by atoms with van der Waals surface area (Å²) in [7, 11) is 1.91. The van der Waals surface area contributed by atoms with Crippen LogP contribution in [0.25, 0.3) is 0 Å². The van der Waals surface area contributed by atoms with Gasteiger partial charge in [-0.05, 0) is 63.9 Å². The average Bonchev–Trinajstić information content (AvgIpc) is 3.09. The number of hydrogen-bond acceptors (Lipinski definition) is 5. The number of ether oxygens (including phenoxy) is 2. The Morgan fingerprint density at radius 1 is 1.03 bits per heavy atom. The molecular weight excluding hydrogens is 442 g/mol. The Labute approximate surface area is 207 Å². The molecule has 0 atom stereocenters. The number of aliphatic imine (C=N–C) groups is 1. The first-order valence-corrected chi connectivity index (χ1v) is 12.0. The number of aromatic nitrogens is 2. The molecule has 1 heterocycles. The molecule has 1 amide bonds. The zero-order valence-corrected chi connectivity index (χ0v) is 21.4. The van der Waals surface area contributed by atoms with Crippen molar-refractivity contribution in [3.63, 3.8) is 0 Å². The molecule has 0 aliphatic rings.